The molecule has 0 aliphatic carbocycles. The molecule has 1 N–H and O–H groups in total. The monoisotopic (exact) mass is 225 g/mol. The highest BCUT2D eigenvalue weighted by molar-refractivity contribution is 5.62. The SMILES string of the molecule is Cc1[nH]c(C#N)nc1-c1ccc(C(C)C)cc1. The molecule has 0 aliphatic heterocycles. The highest BCUT2D eigenvalue weighted by Crippen LogP contribution is 2.23. The zero-order chi connectivity index (χ0) is 12.4. The quantitative estimate of drug-likeness (QED) is 0.851. The van der Waals surface area contributed by atoms with Gasteiger partial charge in [-0.1, -0.05) is 38.1 Å². The van der Waals surface area contributed by atoms with Crippen LogP contribution in [-0.4, -0.2) is 9.97 Å². The summed E-state index contributed by atoms with van der Waals surface area (Å²) in [5.41, 5.74) is 4.14. The molecule has 3 heteroatoms. The fourth-order valence-electron chi connectivity index (χ4n) is 1.82. The lowest BCUT2D eigenvalue weighted by Gasteiger charge is -2.05. The molecule has 0 spiro atoms. The molecule has 2 aromatic rings. The number of hydrogen-bond acceptors (Lipinski definition) is 2. The van der Waals surface area contributed by atoms with Gasteiger partial charge in [0.05, 0.1) is 5.69 Å². The topological polar surface area (TPSA) is 52.5 Å². The van der Waals surface area contributed by atoms with Crippen LogP contribution in [0.1, 0.15) is 36.8 Å². The Labute approximate surface area is 101 Å². The van der Waals surface area contributed by atoms with Crippen molar-refractivity contribution < 1.29 is 0 Å². The number of nitrogens with one attached hydrogen (secondary N) is 1. The summed E-state index contributed by atoms with van der Waals surface area (Å²) < 4.78 is 0. The highest BCUT2D eigenvalue weighted by atomic mass is 14.9. The van der Waals surface area contributed by atoms with E-state index < -0.39 is 0 Å². The molecule has 86 valence electrons. The molecule has 0 amide bonds. The van der Waals surface area contributed by atoms with Gasteiger partial charge in [0.25, 0.3) is 0 Å². The van der Waals surface area contributed by atoms with E-state index in [0.717, 1.165) is 17.0 Å². The number of rotatable bonds is 2. The van der Waals surface area contributed by atoms with Gasteiger partial charge in [-0.2, -0.15) is 5.26 Å². The number of nitrogens with zero attached hydrogens (tertiary/aromatic N) is 2. The third kappa shape index (κ3) is 2.21. The van der Waals surface area contributed by atoms with Crippen LogP contribution < -0.4 is 0 Å². The summed E-state index contributed by atoms with van der Waals surface area (Å²) in [5.74, 6) is 0.893. The molecule has 0 unspecified atom stereocenters. The van der Waals surface area contributed by atoms with Crippen LogP contribution in [0.3, 0.4) is 0 Å². The van der Waals surface area contributed by atoms with E-state index in [2.05, 4.69) is 48.1 Å². The van der Waals surface area contributed by atoms with E-state index >= 15 is 0 Å². The Hall–Kier alpha value is -2.08. The number of aryl methyl sites for hydroxylation is 1. The maximum Gasteiger partial charge on any atom is 0.210 e. The summed E-state index contributed by atoms with van der Waals surface area (Å²) in [7, 11) is 0. The van der Waals surface area contributed by atoms with E-state index in [1.54, 1.807) is 0 Å². The highest BCUT2D eigenvalue weighted by Gasteiger charge is 2.08. The van der Waals surface area contributed by atoms with Crippen LogP contribution in [0.2, 0.25) is 0 Å². The van der Waals surface area contributed by atoms with Crippen molar-refractivity contribution in [3.8, 4) is 17.3 Å². The van der Waals surface area contributed by atoms with Gasteiger partial charge in [-0.15, -0.1) is 0 Å². The van der Waals surface area contributed by atoms with Crippen LogP contribution in [-0.2, 0) is 0 Å². The predicted molar refractivity (Wildman–Crippen MR) is 67.6 cm³/mol. The maximum atomic E-state index is 8.80. The van der Waals surface area contributed by atoms with Crippen LogP contribution in [0, 0.1) is 18.3 Å². The lowest BCUT2D eigenvalue weighted by atomic mass is 10.0. The predicted octanol–water partition coefficient (Wildman–Crippen LogP) is 3.38. The molecule has 3 nitrogen and oxygen atoms in total. The minimum Gasteiger partial charge on any atom is -0.333 e. The number of hydrogen-bond donors (Lipinski definition) is 1. The molecule has 17 heavy (non-hydrogen) atoms. The van der Waals surface area contributed by atoms with E-state index in [1.165, 1.54) is 5.56 Å². The van der Waals surface area contributed by atoms with E-state index in [-0.39, 0.29) is 0 Å². The van der Waals surface area contributed by atoms with Crippen molar-refractivity contribution in [3.63, 3.8) is 0 Å². The molecular weight excluding hydrogens is 210 g/mol. The smallest absolute Gasteiger partial charge is 0.210 e. The molecular formula is C14H15N3. The fraction of sp³-hybridized carbons (Fsp3) is 0.286. The third-order valence-electron chi connectivity index (χ3n) is 2.84. The molecule has 0 aliphatic rings. The second-order valence-corrected chi connectivity index (χ2v) is 4.45. The van der Waals surface area contributed by atoms with Crippen molar-refractivity contribution in [2.45, 2.75) is 26.7 Å². The molecule has 1 heterocycles. The summed E-state index contributed by atoms with van der Waals surface area (Å²) in [4.78, 5) is 7.21. The van der Waals surface area contributed by atoms with Gasteiger partial charge in [0, 0.05) is 11.3 Å². The lowest BCUT2D eigenvalue weighted by molar-refractivity contribution is 0.867. The zero-order valence-corrected chi connectivity index (χ0v) is 10.3. The van der Waals surface area contributed by atoms with Crippen LogP contribution in [0.5, 0.6) is 0 Å². The third-order valence-corrected chi connectivity index (χ3v) is 2.84. The first-order valence-electron chi connectivity index (χ1n) is 5.69. The number of H-pyrrole nitrogens is 1. The van der Waals surface area contributed by atoms with Gasteiger partial charge in [0.1, 0.15) is 6.07 Å². The van der Waals surface area contributed by atoms with Crippen molar-refractivity contribution >= 4 is 0 Å². The van der Waals surface area contributed by atoms with E-state index in [9.17, 15) is 0 Å². The van der Waals surface area contributed by atoms with E-state index in [1.807, 2.05) is 13.0 Å². The van der Waals surface area contributed by atoms with Crippen molar-refractivity contribution in [3.05, 3.63) is 41.3 Å². The van der Waals surface area contributed by atoms with Crippen molar-refractivity contribution in [1.82, 2.24) is 9.97 Å². The van der Waals surface area contributed by atoms with Gasteiger partial charge >= 0.3 is 0 Å². The normalized spacial score (nSPS) is 10.5. The van der Waals surface area contributed by atoms with Crippen molar-refractivity contribution in [2.24, 2.45) is 0 Å². The van der Waals surface area contributed by atoms with Gasteiger partial charge in [0.15, 0.2) is 0 Å². The summed E-state index contributed by atoms with van der Waals surface area (Å²) >= 11 is 0. The molecule has 1 aromatic heterocycles. The zero-order valence-electron chi connectivity index (χ0n) is 10.3. The minimum atomic E-state index is 0.366. The molecule has 0 atom stereocenters. The number of aromatic amines is 1. The van der Waals surface area contributed by atoms with Crippen molar-refractivity contribution in [1.29, 1.82) is 5.26 Å². The Morgan fingerprint density at radius 3 is 2.35 bits per heavy atom. The van der Waals surface area contributed by atoms with Crippen LogP contribution >= 0.6 is 0 Å². The Morgan fingerprint density at radius 2 is 1.88 bits per heavy atom. The van der Waals surface area contributed by atoms with Gasteiger partial charge in [0.2, 0.25) is 5.82 Å². The summed E-state index contributed by atoms with van der Waals surface area (Å²) in [6.07, 6.45) is 0. The number of imidazole rings is 1. The number of nitriles is 1. The van der Waals surface area contributed by atoms with Crippen LogP contribution in [0.4, 0.5) is 0 Å². The average molecular weight is 225 g/mol. The number of benzene rings is 1. The molecule has 0 radical (unpaired) electrons. The Bertz CT molecular complexity index is 556. The Balaban J connectivity index is 2.40. The summed E-state index contributed by atoms with van der Waals surface area (Å²) in [6, 6.07) is 10.4. The second kappa shape index (κ2) is 4.42. The Kier molecular flexibility index (Phi) is 2.97. The first kappa shape index (κ1) is 11.4. The molecule has 1 aromatic carbocycles. The van der Waals surface area contributed by atoms with Crippen LogP contribution in [0.15, 0.2) is 24.3 Å². The Morgan fingerprint density at radius 1 is 1.24 bits per heavy atom. The van der Waals surface area contributed by atoms with Crippen molar-refractivity contribution in [2.75, 3.05) is 0 Å². The average Bonchev–Trinajstić information content (AvgIpc) is 2.71. The molecule has 0 saturated heterocycles. The maximum absolute atomic E-state index is 8.80. The first-order chi connectivity index (χ1) is 8.11. The van der Waals surface area contributed by atoms with Gasteiger partial charge in [-0.3, -0.25) is 0 Å². The van der Waals surface area contributed by atoms with E-state index in [0.29, 0.717) is 11.7 Å². The largest absolute Gasteiger partial charge is 0.333 e. The fourth-order valence-corrected chi connectivity index (χ4v) is 1.82. The lowest BCUT2D eigenvalue weighted by Crippen LogP contribution is -1.87. The van der Waals surface area contributed by atoms with Gasteiger partial charge in [-0.05, 0) is 18.4 Å². The molecule has 0 saturated carbocycles. The summed E-state index contributed by atoms with van der Waals surface area (Å²) in [5, 5.41) is 8.80. The van der Waals surface area contributed by atoms with Crippen LogP contribution in [0.25, 0.3) is 11.3 Å². The minimum absolute atomic E-state index is 0.366. The second-order valence-electron chi connectivity index (χ2n) is 4.45. The van der Waals surface area contributed by atoms with Gasteiger partial charge in [-0.25, -0.2) is 4.98 Å². The molecule has 2 rings (SSSR count). The molecule has 0 fully saturated rings. The first-order valence-corrected chi connectivity index (χ1v) is 5.69. The molecule has 0 bridgehead atoms. The summed E-state index contributed by atoms with van der Waals surface area (Å²) in [6.45, 7) is 6.27. The van der Waals surface area contributed by atoms with Gasteiger partial charge < -0.3 is 4.98 Å². The van der Waals surface area contributed by atoms with E-state index in [4.69, 9.17) is 5.26 Å². The number of aromatic nitrogens is 2. The standard InChI is InChI=1S/C14H15N3/c1-9(2)11-4-6-12(7-5-11)14-10(3)16-13(8-15)17-14/h4-7,9H,1-3H3,(H,16,17).